The van der Waals surface area contributed by atoms with Gasteiger partial charge in [-0.15, -0.1) is 6.58 Å². The quantitative estimate of drug-likeness (QED) is 0.751. The Kier molecular flexibility index (Phi) is 3.41. The Bertz CT molecular complexity index is 308. The zero-order valence-corrected chi connectivity index (χ0v) is 8.95. The Morgan fingerprint density at radius 3 is 3.27 bits per heavy atom. The second-order valence-corrected chi connectivity index (χ2v) is 3.87. The fourth-order valence-electron chi connectivity index (χ4n) is 1.98. The molecule has 2 nitrogen and oxygen atoms in total. The van der Waals surface area contributed by atoms with E-state index in [1.165, 1.54) is 5.69 Å². The van der Waals surface area contributed by atoms with Gasteiger partial charge in [0.25, 0.3) is 0 Å². The van der Waals surface area contributed by atoms with Gasteiger partial charge in [0.2, 0.25) is 0 Å². The molecule has 1 heterocycles. The Labute approximate surface area is 91.6 Å². The fraction of sp³-hybridized carbons (Fsp3) is 0.385. The highest BCUT2D eigenvalue weighted by molar-refractivity contribution is 5.45. The van der Waals surface area contributed by atoms with Crippen LogP contribution in [-0.4, -0.2) is 25.7 Å². The van der Waals surface area contributed by atoms with Crippen LogP contribution < -0.4 is 10.2 Å². The van der Waals surface area contributed by atoms with Gasteiger partial charge in [-0.25, -0.2) is 0 Å². The minimum absolute atomic E-state index is 0.532. The Morgan fingerprint density at radius 2 is 2.53 bits per heavy atom. The summed E-state index contributed by atoms with van der Waals surface area (Å²) in [7, 11) is 0. The molecule has 0 amide bonds. The number of anilines is 1. The van der Waals surface area contributed by atoms with E-state index in [2.05, 4.69) is 35.0 Å². The molecular formula is C13H17N2. The number of hydrogen-bond acceptors (Lipinski definition) is 2. The van der Waals surface area contributed by atoms with E-state index >= 15 is 0 Å². The summed E-state index contributed by atoms with van der Waals surface area (Å²) in [4.78, 5) is 2.38. The summed E-state index contributed by atoms with van der Waals surface area (Å²) in [6.45, 7) is 6.94. The van der Waals surface area contributed by atoms with E-state index < -0.39 is 0 Å². The van der Waals surface area contributed by atoms with Gasteiger partial charge >= 0.3 is 0 Å². The second-order valence-electron chi connectivity index (χ2n) is 3.87. The molecule has 2 rings (SSSR count). The number of para-hydroxylation sites is 1. The SMILES string of the molecule is C=CCC1CN(c2[c]cccc2)CCN1. The van der Waals surface area contributed by atoms with Crippen molar-refractivity contribution in [1.82, 2.24) is 5.32 Å². The van der Waals surface area contributed by atoms with E-state index in [1.807, 2.05) is 18.2 Å². The van der Waals surface area contributed by atoms with Gasteiger partial charge in [0.15, 0.2) is 0 Å². The average molecular weight is 201 g/mol. The van der Waals surface area contributed by atoms with Gasteiger partial charge in [-0.3, -0.25) is 0 Å². The van der Waals surface area contributed by atoms with Gasteiger partial charge in [-0.05, 0) is 12.5 Å². The molecule has 79 valence electrons. The lowest BCUT2D eigenvalue weighted by molar-refractivity contribution is 0.460. The first-order chi connectivity index (χ1) is 7.40. The van der Waals surface area contributed by atoms with E-state index in [0.717, 1.165) is 26.1 Å². The Morgan fingerprint density at radius 1 is 1.60 bits per heavy atom. The van der Waals surface area contributed by atoms with Crippen molar-refractivity contribution in [2.45, 2.75) is 12.5 Å². The summed E-state index contributed by atoms with van der Waals surface area (Å²) >= 11 is 0. The van der Waals surface area contributed by atoms with Crippen LogP contribution in [0.4, 0.5) is 5.69 Å². The van der Waals surface area contributed by atoms with E-state index in [1.54, 1.807) is 0 Å². The lowest BCUT2D eigenvalue weighted by atomic mass is 10.1. The first-order valence-electron chi connectivity index (χ1n) is 5.46. The molecule has 1 aliphatic heterocycles. The molecule has 1 fully saturated rings. The number of piperazine rings is 1. The van der Waals surface area contributed by atoms with Crippen LogP contribution in [0.3, 0.4) is 0 Å². The summed E-state index contributed by atoms with van der Waals surface area (Å²) in [5, 5.41) is 3.49. The molecule has 1 aromatic rings. The molecule has 0 bridgehead atoms. The molecule has 0 aliphatic carbocycles. The van der Waals surface area contributed by atoms with E-state index in [4.69, 9.17) is 0 Å². The van der Waals surface area contributed by atoms with Gasteiger partial charge < -0.3 is 10.2 Å². The smallest absolute Gasteiger partial charge is 0.0447 e. The molecule has 1 saturated heterocycles. The fourth-order valence-corrected chi connectivity index (χ4v) is 1.98. The number of hydrogen-bond donors (Lipinski definition) is 1. The first kappa shape index (κ1) is 10.2. The summed E-state index contributed by atoms with van der Waals surface area (Å²) < 4.78 is 0. The third-order valence-electron chi connectivity index (χ3n) is 2.74. The van der Waals surface area contributed by atoms with Crippen molar-refractivity contribution in [2.75, 3.05) is 24.5 Å². The topological polar surface area (TPSA) is 15.3 Å². The molecule has 1 aromatic carbocycles. The van der Waals surface area contributed by atoms with Gasteiger partial charge in [-0.2, -0.15) is 0 Å². The molecule has 0 spiro atoms. The maximum Gasteiger partial charge on any atom is 0.0447 e. The van der Waals surface area contributed by atoms with Crippen LogP contribution in [0.2, 0.25) is 0 Å². The van der Waals surface area contributed by atoms with Crippen molar-refractivity contribution in [3.8, 4) is 0 Å². The number of nitrogens with zero attached hydrogens (tertiary/aromatic N) is 1. The lowest BCUT2D eigenvalue weighted by Crippen LogP contribution is -2.50. The molecule has 15 heavy (non-hydrogen) atoms. The zero-order chi connectivity index (χ0) is 10.5. The molecule has 2 heteroatoms. The largest absolute Gasteiger partial charge is 0.368 e. The van der Waals surface area contributed by atoms with E-state index in [-0.39, 0.29) is 0 Å². The highest BCUT2D eigenvalue weighted by atomic mass is 15.2. The van der Waals surface area contributed by atoms with Gasteiger partial charge in [0, 0.05) is 37.4 Å². The van der Waals surface area contributed by atoms with Gasteiger partial charge in [0.05, 0.1) is 0 Å². The number of rotatable bonds is 3. The highest BCUT2D eigenvalue weighted by Gasteiger charge is 2.17. The van der Waals surface area contributed by atoms with Gasteiger partial charge in [0.1, 0.15) is 0 Å². The molecule has 0 aromatic heterocycles. The number of nitrogens with one attached hydrogen (secondary N) is 1. The normalized spacial score (nSPS) is 21.3. The van der Waals surface area contributed by atoms with Crippen molar-refractivity contribution >= 4 is 5.69 Å². The van der Waals surface area contributed by atoms with E-state index in [0.29, 0.717) is 6.04 Å². The summed E-state index contributed by atoms with van der Waals surface area (Å²) in [5.74, 6) is 0. The first-order valence-corrected chi connectivity index (χ1v) is 5.46. The van der Waals surface area contributed by atoms with Crippen LogP contribution in [0.5, 0.6) is 0 Å². The standard InChI is InChI=1S/C13H17N2/c1-2-6-12-11-15(10-9-14-12)13-7-4-3-5-8-13/h2-5,7,12,14H,1,6,9-11H2. The van der Waals surface area contributed by atoms with Crippen LogP contribution in [0, 0.1) is 6.07 Å². The van der Waals surface area contributed by atoms with Crippen LogP contribution in [0.1, 0.15) is 6.42 Å². The van der Waals surface area contributed by atoms with Crippen molar-refractivity contribution < 1.29 is 0 Å². The molecule has 1 atom stereocenters. The Balaban J connectivity index is 2.01. The zero-order valence-electron chi connectivity index (χ0n) is 8.95. The molecule has 1 unspecified atom stereocenters. The monoisotopic (exact) mass is 201 g/mol. The Hall–Kier alpha value is -1.28. The third kappa shape index (κ3) is 2.60. The predicted octanol–water partition coefficient (Wildman–Crippen LogP) is 1.84. The van der Waals surface area contributed by atoms with Crippen molar-refractivity contribution in [3.05, 3.63) is 43.0 Å². The summed E-state index contributed by atoms with van der Waals surface area (Å²) in [5.41, 5.74) is 1.20. The maximum atomic E-state index is 3.79. The van der Waals surface area contributed by atoms with Crippen LogP contribution in [0.15, 0.2) is 36.9 Å². The van der Waals surface area contributed by atoms with Crippen LogP contribution in [-0.2, 0) is 0 Å². The van der Waals surface area contributed by atoms with Crippen LogP contribution >= 0.6 is 0 Å². The van der Waals surface area contributed by atoms with Crippen LogP contribution in [0.25, 0.3) is 0 Å². The van der Waals surface area contributed by atoms with Crippen molar-refractivity contribution in [1.29, 1.82) is 0 Å². The minimum atomic E-state index is 0.532. The lowest BCUT2D eigenvalue weighted by Gasteiger charge is -2.34. The third-order valence-corrected chi connectivity index (χ3v) is 2.74. The highest BCUT2D eigenvalue weighted by Crippen LogP contribution is 2.15. The summed E-state index contributed by atoms with van der Waals surface area (Å²) in [6, 6.07) is 12.0. The molecule has 0 saturated carbocycles. The maximum absolute atomic E-state index is 3.79. The molecule has 1 aliphatic rings. The second kappa shape index (κ2) is 4.99. The average Bonchev–Trinajstić information content (AvgIpc) is 2.31. The molecular weight excluding hydrogens is 184 g/mol. The van der Waals surface area contributed by atoms with Crippen molar-refractivity contribution in [2.24, 2.45) is 0 Å². The predicted molar refractivity (Wildman–Crippen MR) is 64.1 cm³/mol. The molecule has 1 N–H and O–H groups in total. The number of benzene rings is 1. The van der Waals surface area contributed by atoms with Gasteiger partial charge in [-0.1, -0.05) is 24.3 Å². The van der Waals surface area contributed by atoms with E-state index in [9.17, 15) is 0 Å². The minimum Gasteiger partial charge on any atom is -0.368 e. The molecule has 1 radical (unpaired) electrons. The van der Waals surface area contributed by atoms with Crippen molar-refractivity contribution in [3.63, 3.8) is 0 Å². The summed E-state index contributed by atoms with van der Waals surface area (Å²) in [6.07, 6.45) is 3.01.